The molecule has 0 aliphatic carbocycles. The molecule has 2 aliphatic heterocycles. The number of benzene rings is 1. The van der Waals surface area contributed by atoms with Crippen LogP contribution < -0.4 is 10.1 Å². The van der Waals surface area contributed by atoms with Gasteiger partial charge in [-0.2, -0.15) is 0 Å². The number of rotatable bonds is 3. The molecule has 7 nitrogen and oxygen atoms in total. The van der Waals surface area contributed by atoms with E-state index >= 15 is 0 Å². The van der Waals surface area contributed by atoms with E-state index in [0.29, 0.717) is 24.4 Å². The third kappa shape index (κ3) is 3.25. The first-order chi connectivity index (χ1) is 13.4. The summed E-state index contributed by atoms with van der Waals surface area (Å²) >= 11 is 0. The topological polar surface area (TPSA) is 84.7 Å². The monoisotopic (exact) mass is 383 g/mol. The number of hydrogen-bond acceptors (Lipinski definition) is 5. The van der Waals surface area contributed by atoms with E-state index in [-0.39, 0.29) is 23.5 Å². The van der Waals surface area contributed by atoms with Crippen molar-refractivity contribution in [1.82, 2.24) is 15.4 Å². The predicted molar refractivity (Wildman–Crippen MR) is 103 cm³/mol. The van der Waals surface area contributed by atoms with Gasteiger partial charge in [-0.3, -0.25) is 9.59 Å². The summed E-state index contributed by atoms with van der Waals surface area (Å²) in [5.41, 5.74) is 2.01. The zero-order chi connectivity index (χ0) is 19.9. The molecule has 1 aromatic carbocycles. The Hall–Kier alpha value is -2.83. The summed E-state index contributed by atoms with van der Waals surface area (Å²) in [5.74, 6) is 0.844. The van der Waals surface area contributed by atoms with Crippen molar-refractivity contribution < 1.29 is 18.8 Å². The van der Waals surface area contributed by atoms with Crippen molar-refractivity contribution in [2.75, 3.05) is 20.2 Å². The van der Waals surface area contributed by atoms with Crippen LogP contribution in [0.2, 0.25) is 0 Å². The minimum atomic E-state index is -0.417. The molecular weight excluding hydrogens is 358 g/mol. The Morgan fingerprint density at radius 1 is 1.32 bits per heavy atom. The summed E-state index contributed by atoms with van der Waals surface area (Å²) in [5, 5.41) is 7.17. The van der Waals surface area contributed by atoms with Crippen LogP contribution in [0.25, 0.3) is 0 Å². The summed E-state index contributed by atoms with van der Waals surface area (Å²) < 4.78 is 10.5. The summed E-state index contributed by atoms with van der Waals surface area (Å²) in [6.45, 7) is 5.06. The van der Waals surface area contributed by atoms with E-state index in [0.717, 1.165) is 30.5 Å². The number of methoxy groups -OCH3 is 1. The summed E-state index contributed by atoms with van der Waals surface area (Å²) in [6.07, 6.45) is 2.29. The van der Waals surface area contributed by atoms with Crippen molar-refractivity contribution in [3.05, 3.63) is 46.8 Å². The van der Waals surface area contributed by atoms with E-state index in [9.17, 15) is 9.59 Å². The highest BCUT2D eigenvalue weighted by Crippen LogP contribution is 2.32. The maximum Gasteiger partial charge on any atom is 0.292 e. The number of likely N-dealkylation sites (tertiary alicyclic amines) is 1. The van der Waals surface area contributed by atoms with Crippen LogP contribution in [0, 0.1) is 0 Å². The summed E-state index contributed by atoms with van der Waals surface area (Å²) in [4.78, 5) is 27.5. The molecule has 1 N–H and O–H groups in total. The predicted octanol–water partition coefficient (Wildman–Crippen LogP) is 2.77. The second kappa shape index (κ2) is 6.96. The van der Waals surface area contributed by atoms with Gasteiger partial charge in [0.25, 0.3) is 11.8 Å². The molecule has 0 radical (unpaired) electrons. The van der Waals surface area contributed by atoms with Crippen molar-refractivity contribution in [2.24, 2.45) is 0 Å². The number of amides is 2. The van der Waals surface area contributed by atoms with Gasteiger partial charge in [0, 0.05) is 24.7 Å². The van der Waals surface area contributed by atoms with E-state index in [4.69, 9.17) is 9.26 Å². The van der Waals surface area contributed by atoms with Gasteiger partial charge >= 0.3 is 0 Å². The molecule has 148 valence electrons. The smallest absolute Gasteiger partial charge is 0.292 e. The quantitative estimate of drug-likeness (QED) is 0.881. The zero-order valence-electron chi connectivity index (χ0n) is 16.4. The van der Waals surface area contributed by atoms with Gasteiger partial charge in [0.2, 0.25) is 5.76 Å². The van der Waals surface area contributed by atoms with Crippen LogP contribution in [-0.4, -0.2) is 47.6 Å². The van der Waals surface area contributed by atoms with Crippen LogP contribution in [0.5, 0.6) is 5.75 Å². The highest BCUT2D eigenvalue weighted by Gasteiger charge is 2.43. The van der Waals surface area contributed by atoms with Gasteiger partial charge in [-0.05, 0) is 42.9 Å². The average molecular weight is 383 g/mol. The van der Waals surface area contributed by atoms with Crippen LogP contribution in [-0.2, 0) is 6.42 Å². The van der Waals surface area contributed by atoms with Gasteiger partial charge in [-0.15, -0.1) is 0 Å². The standard InChI is InChI=1S/C21H25N3O4/c1-13(2)17-11-18(28-23-17)20(26)24-9-8-21(12-24)7-6-14-4-5-15(27-3)10-16(14)19(25)22-21/h4-5,10-11,13H,6-9,12H2,1-3H3,(H,22,25). The van der Waals surface area contributed by atoms with Gasteiger partial charge in [0.15, 0.2) is 0 Å². The lowest BCUT2D eigenvalue weighted by atomic mass is 9.91. The first-order valence-corrected chi connectivity index (χ1v) is 9.66. The van der Waals surface area contributed by atoms with E-state index < -0.39 is 5.54 Å². The van der Waals surface area contributed by atoms with Crippen molar-refractivity contribution in [2.45, 2.75) is 44.6 Å². The number of nitrogens with one attached hydrogen (secondary N) is 1. The number of carbonyl (C=O) groups is 2. The molecular formula is C21H25N3O4. The number of nitrogens with zero attached hydrogens (tertiary/aromatic N) is 2. The number of fused-ring (bicyclic) bond motifs is 1. The lowest BCUT2D eigenvalue weighted by Gasteiger charge is -2.28. The fraction of sp³-hybridized carbons (Fsp3) is 0.476. The highest BCUT2D eigenvalue weighted by atomic mass is 16.5. The third-order valence-electron chi connectivity index (χ3n) is 5.78. The number of hydrogen-bond donors (Lipinski definition) is 1. The molecule has 1 aromatic heterocycles. The van der Waals surface area contributed by atoms with Gasteiger partial charge in [-0.1, -0.05) is 25.1 Å². The second-order valence-corrected chi connectivity index (χ2v) is 8.00. The van der Waals surface area contributed by atoms with E-state index in [1.807, 2.05) is 26.0 Å². The van der Waals surface area contributed by atoms with E-state index in [1.54, 1.807) is 24.1 Å². The number of aromatic nitrogens is 1. The fourth-order valence-electron chi connectivity index (χ4n) is 4.03. The number of aryl methyl sites for hydroxylation is 1. The van der Waals surface area contributed by atoms with Gasteiger partial charge in [-0.25, -0.2) is 0 Å². The van der Waals surface area contributed by atoms with Gasteiger partial charge < -0.3 is 19.5 Å². The Balaban J connectivity index is 1.51. The minimum Gasteiger partial charge on any atom is -0.497 e. The van der Waals surface area contributed by atoms with Crippen molar-refractivity contribution >= 4 is 11.8 Å². The molecule has 2 amide bonds. The molecule has 4 rings (SSSR count). The summed E-state index contributed by atoms with van der Waals surface area (Å²) in [7, 11) is 1.59. The Labute approximate surface area is 164 Å². The second-order valence-electron chi connectivity index (χ2n) is 8.00. The molecule has 2 aromatic rings. The normalized spacial score (nSPS) is 21.6. The Bertz CT molecular complexity index is 920. The SMILES string of the molecule is COc1ccc2c(c1)C(=O)NC1(CC2)CCN(C(=O)c2cc(C(C)C)no2)C1. The van der Waals surface area contributed by atoms with Crippen LogP contribution in [0.15, 0.2) is 28.8 Å². The fourth-order valence-corrected chi connectivity index (χ4v) is 4.03. The van der Waals surface area contributed by atoms with Crippen LogP contribution >= 0.6 is 0 Å². The molecule has 3 heterocycles. The molecule has 0 saturated carbocycles. The van der Waals surface area contributed by atoms with Crippen molar-refractivity contribution in [3.63, 3.8) is 0 Å². The Morgan fingerprint density at radius 2 is 2.14 bits per heavy atom. The van der Waals surface area contributed by atoms with Crippen molar-refractivity contribution in [1.29, 1.82) is 0 Å². The molecule has 28 heavy (non-hydrogen) atoms. The Kier molecular flexibility index (Phi) is 4.61. The molecule has 1 atom stereocenters. The molecule has 1 unspecified atom stereocenters. The van der Waals surface area contributed by atoms with Crippen LogP contribution in [0.4, 0.5) is 0 Å². The first kappa shape index (κ1) is 18.5. The van der Waals surface area contributed by atoms with Crippen LogP contribution in [0.1, 0.15) is 64.8 Å². The first-order valence-electron chi connectivity index (χ1n) is 9.66. The minimum absolute atomic E-state index is 0.109. The van der Waals surface area contributed by atoms with E-state index in [1.165, 1.54) is 0 Å². The number of ether oxygens (including phenoxy) is 1. The lowest BCUT2D eigenvalue weighted by molar-refractivity contribution is 0.0726. The zero-order valence-corrected chi connectivity index (χ0v) is 16.4. The largest absolute Gasteiger partial charge is 0.497 e. The number of carbonyl (C=O) groups excluding carboxylic acids is 2. The Morgan fingerprint density at radius 3 is 2.86 bits per heavy atom. The van der Waals surface area contributed by atoms with E-state index in [2.05, 4.69) is 10.5 Å². The molecule has 2 aliphatic rings. The maximum absolute atomic E-state index is 12.9. The van der Waals surface area contributed by atoms with Gasteiger partial charge in [0.1, 0.15) is 5.75 Å². The lowest BCUT2D eigenvalue weighted by Crippen LogP contribution is -2.50. The van der Waals surface area contributed by atoms with Crippen molar-refractivity contribution in [3.8, 4) is 5.75 Å². The molecule has 1 fully saturated rings. The molecule has 1 spiro atoms. The maximum atomic E-state index is 12.9. The van der Waals surface area contributed by atoms with Crippen LogP contribution in [0.3, 0.4) is 0 Å². The third-order valence-corrected chi connectivity index (χ3v) is 5.78. The highest BCUT2D eigenvalue weighted by molar-refractivity contribution is 5.97. The average Bonchev–Trinajstić information content (AvgIpc) is 3.31. The molecule has 1 saturated heterocycles. The molecule has 7 heteroatoms. The summed E-state index contributed by atoms with van der Waals surface area (Å²) in [6, 6.07) is 7.33. The van der Waals surface area contributed by atoms with Gasteiger partial charge in [0.05, 0.1) is 18.3 Å². The molecule has 0 bridgehead atoms.